The molecule has 3 aliphatic heterocycles. The van der Waals surface area contributed by atoms with Crippen molar-refractivity contribution in [2.75, 3.05) is 26.4 Å². The number of hydrogen-bond donors (Lipinski definition) is 13. The highest BCUT2D eigenvalue weighted by Gasteiger charge is 2.71. The van der Waals surface area contributed by atoms with Crippen LogP contribution in [0, 0.1) is 50.2 Å². The summed E-state index contributed by atoms with van der Waals surface area (Å²) in [7, 11) is 0. The lowest BCUT2D eigenvalue weighted by atomic mass is 9.33. The number of ether oxygens (including phenoxy) is 6. The molecule has 68 heavy (non-hydrogen) atoms. The van der Waals surface area contributed by atoms with Gasteiger partial charge in [-0.1, -0.05) is 53.2 Å². The van der Waals surface area contributed by atoms with Crippen molar-refractivity contribution in [2.24, 2.45) is 50.2 Å². The summed E-state index contributed by atoms with van der Waals surface area (Å²) in [5, 5.41) is 139. The van der Waals surface area contributed by atoms with Gasteiger partial charge in [-0.2, -0.15) is 0 Å². The van der Waals surface area contributed by atoms with Crippen molar-refractivity contribution in [3.05, 3.63) is 11.6 Å². The fourth-order valence-corrected chi connectivity index (χ4v) is 15.1. The predicted octanol–water partition coefficient (Wildman–Crippen LogP) is -1.92. The van der Waals surface area contributed by atoms with Crippen LogP contribution in [0.1, 0.15) is 99.3 Å². The normalized spacial score (nSPS) is 54.6. The summed E-state index contributed by atoms with van der Waals surface area (Å²) < 4.78 is 35.0. The van der Waals surface area contributed by atoms with E-state index in [0.717, 1.165) is 12.0 Å². The molecule has 25 atom stereocenters. The minimum atomic E-state index is -1.84. The molecular weight excluding hydrogens is 897 g/mol. The second-order valence-electron chi connectivity index (χ2n) is 23.5. The largest absolute Gasteiger partial charge is 0.432 e. The average molecular weight is 975 g/mol. The Hall–Kier alpha value is -1.51. The molecule has 20 heteroatoms. The van der Waals surface area contributed by atoms with Gasteiger partial charge in [-0.05, 0) is 97.2 Å². The lowest BCUT2D eigenvalue weighted by Gasteiger charge is -2.72. The van der Waals surface area contributed by atoms with E-state index in [4.69, 9.17) is 28.4 Å². The molecule has 8 rings (SSSR count). The standard InChI is InChI=1S/C48H78O20/c1-43(2)11-13-48(42(62)68-41-37(61)34(58)31(55)26(66-41)19-63-39-35(59)32(56)29(53)24(17-49)64-39)14-12-46(5)21(22(48)15-43)7-8-28-44(3)16-23(52)38(45(4,20-51)27(44)9-10-47(28,46)6)67-40-36(60)33(57)30(54)25(18-50)65-40/h7,22-41,49-61H,8-20H2,1-6H3/t22-,23+,24+,25+,26+,27+,28+,29+,30+,31+,32-,33-,34-,35+,36+,37+,38-,39+,40-,41-,44-,45-,46+,47+,48-/m0/s1. The second kappa shape index (κ2) is 18.8. The average Bonchev–Trinajstić information content (AvgIpc) is 3.29. The lowest BCUT2D eigenvalue weighted by Crippen LogP contribution is -2.69. The first-order valence-corrected chi connectivity index (χ1v) is 24.6. The molecule has 0 bridgehead atoms. The Bertz CT molecular complexity index is 1850. The van der Waals surface area contributed by atoms with Gasteiger partial charge in [0.1, 0.15) is 73.2 Å². The van der Waals surface area contributed by atoms with Crippen molar-refractivity contribution in [2.45, 2.75) is 204 Å². The van der Waals surface area contributed by atoms with Gasteiger partial charge in [0.2, 0.25) is 6.29 Å². The van der Waals surface area contributed by atoms with Gasteiger partial charge in [-0.15, -0.1) is 0 Å². The van der Waals surface area contributed by atoms with Gasteiger partial charge in [0.05, 0.1) is 44.1 Å². The van der Waals surface area contributed by atoms with Crippen molar-refractivity contribution in [3.8, 4) is 0 Å². The van der Waals surface area contributed by atoms with E-state index in [9.17, 15) is 71.2 Å². The van der Waals surface area contributed by atoms with Crippen molar-refractivity contribution in [1.29, 1.82) is 0 Å². The number of carbonyl (C=O) groups is 1. The predicted molar refractivity (Wildman–Crippen MR) is 233 cm³/mol. The highest BCUT2D eigenvalue weighted by molar-refractivity contribution is 5.79. The van der Waals surface area contributed by atoms with Gasteiger partial charge in [-0.25, -0.2) is 0 Å². The number of hydrogen-bond acceptors (Lipinski definition) is 20. The third-order valence-electron chi connectivity index (χ3n) is 19.4. The number of aliphatic hydroxyl groups excluding tert-OH is 13. The smallest absolute Gasteiger partial charge is 0.315 e. The van der Waals surface area contributed by atoms with E-state index in [-0.39, 0.29) is 35.2 Å². The van der Waals surface area contributed by atoms with Crippen LogP contribution in [0.5, 0.6) is 0 Å². The summed E-state index contributed by atoms with van der Waals surface area (Å²) in [4.78, 5) is 15.0. The quantitative estimate of drug-likeness (QED) is 0.0645. The summed E-state index contributed by atoms with van der Waals surface area (Å²) in [5.41, 5.74) is -2.39. The number of rotatable bonds is 10. The first-order valence-electron chi connectivity index (χ1n) is 24.6. The maximum atomic E-state index is 15.0. The molecule has 3 saturated heterocycles. The Morgan fingerprint density at radius 1 is 0.632 bits per heavy atom. The van der Waals surface area contributed by atoms with Crippen molar-refractivity contribution < 1.29 is 99.6 Å². The van der Waals surface area contributed by atoms with E-state index >= 15 is 0 Å². The van der Waals surface area contributed by atoms with E-state index in [1.54, 1.807) is 0 Å². The third-order valence-corrected chi connectivity index (χ3v) is 19.4. The summed E-state index contributed by atoms with van der Waals surface area (Å²) in [6.07, 6.45) is -18.9. The molecule has 7 fully saturated rings. The highest BCUT2D eigenvalue weighted by atomic mass is 16.7. The fraction of sp³-hybridized carbons (Fsp3) is 0.938. The van der Waals surface area contributed by atoms with Gasteiger partial charge < -0.3 is 94.8 Å². The maximum Gasteiger partial charge on any atom is 0.315 e. The van der Waals surface area contributed by atoms with Crippen LogP contribution in [0.4, 0.5) is 0 Å². The van der Waals surface area contributed by atoms with Crippen LogP contribution in [0.25, 0.3) is 0 Å². The Morgan fingerprint density at radius 3 is 1.78 bits per heavy atom. The summed E-state index contributed by atoms with van der Waals surface area (Å²) in [6, 6.07) is 0. The zero-order valence-electron chi connectivity index (χ0n) is 40.0. The number of allylic oxidation sites excluding steroid dienone is 2. The molecular formula is C48H78O20. The van der Waals surface area contributed by atoms with Gasteiger partial charge in [0.15, 0.2) is 12.6 Å². The molecule has 3 heterocycles. The van der Waals surface area contributed by atoms with Crippen LogP contribution in [0.2, 0.25) is 0 Å². The van der Waals surface area contributed by atoms with Crippen LogP contribution in [-0.2, 0) is 33.2 Å². The van der Waals surface area contributed by atoms with E-state index in [1.165, 1.54) is 0 Å². The molecule has 8 aliphatic rings. The number of carbonyl (C=O) groups excluding carboxylic acids is 1. The Morgan fingerprint density at radius 2 is 1.18 bits per heavy atom. The molecule has 0 aromatic rings. The van der Waals surface area contributed by atoms with Crippen molar-refractivity contribution in [1.82, 2.24) is 0 Å². The van der Waals surface area contributed by atoms with Gasteiger partial charge in [-0.3, -0.25) is 4.79 Å². The number of aliphatic hydroxyl groups is 13. The van der Waals surface area contributed by atoms with Crippen LogP contribution < -0.4 is 0 Å². The maximum absolute atomic E-state index is 15.0. The zero-order chi connectivity index (χ0) is 49.8. The number of esters is 1. The minimum absolute atomic E-state index is 0.00752. The minimum Gasteiger partial charge on any atom is -0.432 e. The molecule has 5 aliphatic carbocycles. The topological polar surface area (TPSA) is 335 Å². The number of fused-ring (bicyclic) bond motifs is 7. The highest BCUT2D eigenvalue weighted by Crippen LogP contribution is 2.76. The van der Waals surface area contributed by atoms with E-state index < -0.39 is 152 Å². The lowest BCUT2D eigenvalue weighted by molar-refractivity contribution is -0.345. The summed E-state index contributed by atoms with van der Waals surface area (Å²) >= 11 is 0. The van der Waals surface area contributed by atoms with Crippen LogP contribution >= 0.6 is 0 Å². The molecule has 0 unspecified atom stereocenters. The molecule has 0 radical (unpaired) electrons. The Balaban J connectivity index is 1.03. The van der Waals surface area contributed by atoms with Crippen molar-refractivity contribution >= 4 is 5.97 Å². The monoisotopic (exact) mass is 975 g/mol. The van der Waals surface area contributed by atoms with Crippen molar-refractivity contribution in [3.63, 3.8) is 0 Å². The van der Waals surface area contributed by atoms with E-state index in [0.29, 0.717) is 51.4 Å². The summed E-state index contributed by atoms with van der Waals surface area (Å²) in [6.45, 7) is 10.7. The molecule has 0 aromatic carbocycles. The SMILES string of the molecule is CC1(C)CC[C@]2(C(=O)O[C@@H]3O[C@H](CO[C@@H]4O[C@H](CO)[C@@H](O)[C@H](O)[C@H]4O)[C@@H](O)[C@H](O)[C@H]3O)CC[C@]3(C)C(=CC[C@@H]4[C@@]5(C)C[C@@H](O)[C@H](O[C@@H]6O[C@H](CO)[C@@H](O)[C@H](O)[C@H]6O)[C@@](C)(CO)[C@@H]5CC[C@]43C)[C@@H]2C1. The van der Waals surface area contributed by atoms with Crippen LogP contribution in [-0.4, -0.2) is 203 Å². The Labute approximate surface area is 396 Å². The molecule has 0 spiro atoms. The first kappa shape index (κ1) is 52.8. The fourth-order valence-electron chi connectivity index (χ4n) is 15.1. The zero-order valence-corrected chi connectivity index (χ0v) is 40.0. The van der Waals surface area contributed by atoms with Gasteiger partial charge >= 0.3 is 5.97 Å². The van der Waals surface area contributed by atoms with Crippen LogP contribution in [0.15, 0.2) is 11.6 Å². The van der Waals surface area contributed by atoms with E-state index in [2.05, 4.69) is 40.7 Å². The van der Waals surface area contributed by atoms with E-state index in [1.807, 2.05) is 6.92 Å². The molecule has 0 amide bonds. The van der Waals surface area contributed by atoms with Gasteiger partial charge in [0, 0.05) is 5.41 Å². The summed E-state index contributed by atoms with van der Waals surface area (Å²) in [5.74, 6) is -1.06. The molecule has 20 nitrogen and oxygen atoms in total. The second-order valence-corrected chi connectivity index (χ2v) is 23.5. The Kier molecular flexibility index (Phi) is 14.6. The first-order chi connectivity index (χ1) is 31.8. The van der Waals surface area contributed by atoms with Crippen LogP contribution in [0.3, 0.4) is 0 Å². The van der Waals surface area contributed by atoms with Gasteiger partial charge in [0.25, 0.3) is 0 Å². The molecule has 13 N–H and O–H groups in total. The third kappa shape index (κ3) is 8.16. The molecule has 390 valence electrons. The molecule has 4 saturated carbocycles. The molecule has 0 aromatic heterocycles.